The molecule has 9 heteroatoms. The van der Waals surface area contributed by atoms with Crippen LogP contribution in [-0.4, -0.2) is 7.25 Å². The van der Waals surface area contributed by atoms with Gasteiger partial charge in [0.1, 0.15) is 10.5 Å². The van der Waals surface area contributed by atoms with E-state index in [1.54, 1.807) is 36.4 Å². The molecule has 0 amide bonds. The summed E-state index contributed by atoms with van der Waals surface area (Å²) in [4.78, 5) is 0.381. The van der Waals surface area contributed by atoms with Crippen LogP contribution < -0.4 is 0 Å². The summed E-state index contributed by atoms with van der Waals surface area (Å²) < 4.78 is 80.2. The Labute approximate surface area is 154 Å². The fourth-order valence-electron chi connectivity index (χ4n) is 2.72. The fourth-order valence-corrected chi connectivity index (χ4v) is 4.64. The van der Waals surface area contributed by atoms with Gasteiger partial charge in [-0.1, -0.05) is 37.6 Å². The van der Waals surface area contributed by atoms with Crippen LogP contribution in [0.3, 0.4) is 0 Å². The van der Waals surface area contributed by atoms with Gasteiger partial charge in [0, 0.05) is 17.0 Å². The van der Waals surface area contributed by atoms with Crippen LogP contribution in [0, 0.1) is 0 Å². The smallest absolute Gasteiger partial charge is 0.418 e. The van der Waals surface area contributed by atoms with E-state index in [1.807, 2.05) is 18.2 Å². The van der Waals surface area contributed by atoms with E-state index in [0.717, 1.165) is 18.4 Å². The first-order chi connectivity index (χ1) is 12.5. The van der Waals surface area contributed by atoms with Crippen LogP contribution in [-0.2, 0) is 11.9 Å². The predicted octanol–water partition coefficient (Wildman–Crippen LogP) is 7.98. The van der Waals surface area contributed by atoms with Gasteiger partial charge in [-0.3, -0.25) is 0 Å². The van der Waals surface area contributed by atoms with Crippen molar-refractivity contribution >= 4 is 27.8 Å². The maximum Gasteiger partial charge on any atom is 0.673 e. The van der Waals surface area contributed by atoms with Gasteiger partial charge in [0.15, 0.2) is 9.58 Å². The number of hydrogen-bond acceptors (Lipinski definition) is 0. The largest absolute Gasteiger partial charge is 0.673 e. The highest BCUT2D eigenvalue weighted by molar-refractivity contribution is 7.41. The second kappa shape index (κ2) is 8.33. The lowest BCUT2D eigenvalue weighted by molar-refractivity contribution is -0.0864. The summed E-state index contributed by atoms with van der Waals surface area (Å²) in [5.74, 6) is 0. The summed E-state index contributed by atoms with van der Waals surface area (Å²) in [7, 11) is -7.86. The van der Waals surface area contributed by atoms with Crippen molar-refractivity contribution in [1.29, 1.82) is 0 Å². The topological polar surface area (TPSA) is 0 Å². The molecule has 0 saturated heterocycles. The first-order valence-electron chi connectivity index (χ1n) is 8.09. The summed E-state index contributed by atoms with van der Waals surface area (Å²) >= 11 is 0. The van der Waals surface area contributed by atoms with Gasteiger partial charge >= 0.3 is 12.8 Å². The van der Waals surface area contributed by atoms with E-state index in [9.17, 15) is 30.4 Å². The average Bonchev–Trinajstić information content (AvgIpc) is 2.93. The molecule has 0 aliphatic rings. The first kappa shape index (κ1) is 21.3. The highest BCUT2D eigenvalue weighted by Crippen LogP contribution is 2.54. The summed E-state index contributed by atoms with van der Waals surface area (Å²) in [6, 6.07) is 16.0. The van der Waals surface area contributed by atoms with Crippen molar-refractivity contribution in [2.45, 2.75) is 25.3 Å². The van der Waals surface area contributed by atoms with Crippen LogP contribution in [0.2, 0.25) is 0 Å². The van der Waals surface area contributed by atoms with Crippen LogP contribution in [0.1, 0.15) is 18.9 Å². The third-order valence-electron chi connectivity index (χ3n) is 3.63. The van der Waals surface area contributed by atoms with E-state index < -0.39 is 23.2 Å². The number of alkyl halides is 3. The average molecular weight is 408 g/mol. The summed E-state index contributed by atoms with van der Waals surface area (Å²) in [5, 5.41) is 0.680. The molecule has 3 rings (SSSR count). The highest BCUT2D eigenvalue weighted by Gasteiger charge is 2.48. The normalized spacial score (nSPS) is 12.7. The number of fused-ring (bicyclic) bond motifs is 1. The molecule has 2 aromatic carbocycles. The lowest BCUT2D eigenvalue weighted by atomic mass is 10.1. The lowest BCUT2D eigenvalue weighted by Gasteiger charge is -2.03. The van der Waals surface area contributed by atoms with Crippen molar-refractivity contribution < 1.29 is 30.4 Å². The Bertz CT molecular complexity index is 891. The zero-order chi connectivity index (χ0) is 20.2. The predicted molar refractivity (Wildman–Crippen MR) is 97.3 cm³/mol. The zero-order valence-corrected chi connectivity index (χ0v) is 15.1. The van der Waals surface area contributed by atoms with E-state index in [1.165, 1.54) is 0 Å². The molecular formula is C18H16BF7S. The Kier molecular flexibility index (Phi) is 6.57. The molecule has 0 aliphatic heterocycles. The van der Waals surface area contributed by atoms with E-state index in [-0.39, 0.29) is 0 Å². The highest BCUT2D eigenvalue weighted by atomic mass is 32.2. The Morgan fingerprint density at radius 1 is 0.889 bits per heavy atom. The number of rotatable bonds is 3. The molecule has 0 fully saturated rings. The van der Waals surface area contributed by atoms with Crippen molar-refractivity contribution in [3.05, 3.63) is 60.2 Å². The quantitative estimate of drug-likeness (QED) is 0.234. The second-order valence-electron chi connectivity index (χ2n) is 5.74. The van der Waals surface area contributed by atoms with Crippen LogP contribution >= 0.6 is 10.5 Å². The maximum absolute atomic E-state index is 13.6. The van der Waals surface area contributed by atoms with Gasteiger partial charge in [0.05, 0.1) is 0 Å². The SMILES string of the molecule is CCCc1cccc(-c2cc3ccccc3[s+]2C(F)(F)F)c1.F[B-](F)(F)F. The molecule has 1 aromatic heterocycles. The van der Waals surface area contributed by atoms with Gasteiger partial charge in [-0.25, -0.2) is 0 Å². The number of hydrogen-bond donors (Lipinski definition) is 0. The van der Waals surface area contributed by atoms with Gasteiger partial charge in [0.25, 0.3) is 0 Å². The number of benzene rings is 2. The molecule has 146 valence electrons. The van der Waals surface area contributed by atoms with Gasteiger partial charge in [-0.05, 0) is 36.2 Å². The standard InChI is InChI=1S/C18H16F3S.BF4/c1-2-6-13-7-5-9-14(11-13)17-12-15-8-3-4-10-16(15)22(17)18(19,20)21;2-1(3,4)5/h3-5,7-12H,2,6H2,1H3;/q+1;-1. The van der Waals surface area contributed by atoms with Crippen LogP contribution in [0.5, 0.6) is 0 Å². The zero-order valence-electron chi connectivity index (χ0n) is 14.2. The Morgan fingerprint density at radius 2 is 1.52 bits per heavy atom. The minimum Gasteiger partial charge on any atom is -0.418 e. The molecule has 0 bridgehead atoms. The van der Waals surface area contributed by atoms with E-state index in [4.69, 9.17) is 0 Å². The summed E-state index contributed by atoms with van der Waals surface area (Å²) in [6.07, 6.45) is 1.86. The van der Waals surface area contributed by atoms with Gasteiger partial charge in [-0.2, -0.15) is 0 Å². The number of aryl methyl sites for hydroxylation is 1. The van der Waals surface area contributed by atoms with Crippen molar-refractivity contribution in [2.24, 2.45) is 0 Å². The van der Waals surface area contributed by atoms with Crippen molar-refractivity contribution in [2.75, 3.05) is 0 Å². The molecule has 0 aliphatic carbocycles. The number of thiophene rings is 1. The molecule has 0 nitrogen and oxygen atoms in total. The maximum atomic E-state index is 13.6. The molecule has 3 aromatic rings. The van der Waals surface area contributed by atoms with Gasteiger partial charge in [-0.15, -0.1) is 13.2 Å². The summed E-state index contributed by atoms with van der Waals surface area (Å²) in [5.41, 5.74) is -2.48. The Balaban J connectivity index is 0.000000465. The van der Waals surface area contributed by atoms with Crippen molar-refractivity contribution in [3.63, 3.8) is 0 Å². The Morgan fingerprint density at radius 3 is 2.11 bits per heavy atom. The lowest BCUT2D eigenvalue weighted by Crippen LogP contribution is -2.02. The molecule has 1 atom stereocenters. The second-order valence-corrected chi connectivity index (χ2v) is 7.70. The van der Waals surface area contributed by atoms with Gasteiger partial charge in [0.2, 0.25) is 0 Å². The van der Waals surface area contributed by atoms with Crippen LogP contribution in [0.4, 0.5) is 30.4 Å². The van der Waals surface area contributed by atoms with E-state index in [2.05, 4.69) is 6.92 Å². The van der Waals surface area contributed by atoms with E-state index >= 15 is 0 Å². The third-order valence-corrected chi connectivity index (χ3v) is 5.69. The minimum absolute atomic E-state index is 0.380. The Hall–Kier alpha value is -2.03. The molecule has 1 heterocycles. The minimum atomic E-state index is -6.00. The van der Waals surface area contributed by atoms with Crippen LogP contribution in [0.15, 0.2) is 54.6 Å². The van der Waals surface area contributed by atoms with E-state index in [0.29, 0.717) is 20.5 Å². The van der Waals surface area contributed by atoms with Crippen LogP contribution in [0.25, 0.3) is 20.5 Å². The monoisotopic (exact) mass is 408 g/mol. The molecular weight excluding hydrogens is 392 g/mol. The molecule has 0 N–H and O–H groups in total. The van der Waals surface area contributed by atoms with Crippen molar-refractivity contribution in [3.8, 4) is 10.4 Å². The fraction of sp³-hybridized carbons (Fsp3) is 0.222. The summed E-state index contributed by atoms with van der Waals surface area (Å²) in [6.45, 7) is 2.07. The van der Waals surface area contributed by atoms with Gasteiger partial charge < -0.3 is 17.3 Å². The molecule has 0 spiro atoms. The number of halogens is 7. The first-order valence-corrected chi connectivity index (χ1v) is 9.31. The molecule has 27 heavy (non-hydrogen) atoms. The third kappa shape index (κ3) is 5.99. The van der Waals surface area contributed by atoms with Crippen molar-refractivity contribution in [1.82, 2.24) is 0 Å². The molecule has 1 unspecified atom stereocenters. The molecule has 0 radical (unpaired) electrons. The molecule has 0 saturated carbocycles.